The van der Waals surface area contributed by atoms with Crippen molar-refractivity contribution in [2.45, 2.75) is 88.6 Å². The molecule has 2 bridgehead atoms. The van der Waals surface area contributed by atoms with Crippen LogP contribution in [-0.4, -0.2) is 81.3 Å². The minimum atomic E-state index is 0.0628. The summed E-state index contributed by atoms with van der Waals surface area (Å²) in [6.45, 7) is 7.99. The van der Waals surface area contributed by atoms with Gasteiger partial charge in [-0.05, 0) is 104 Å². The molecule has 240 valence electrons. The minimum absolute atomic E-state index is 0.0628. The van der Waals surface area contributed by atoms with Crippen LogP contribution in [0.4, 0.5) is 4.79 Å². The van der Waals surface area contributed by atoms with Gasteiger partial charge in [0.2, 0.25) is 0 Å². The van der Waals surface area contributed by atoms with E-state index < -0.39 is 0 Å². The van der Waals surface area contributed by atoms with Crippen LogP contribution in [0.5, 0.6) is 11.8 Å². The summed E-state index contributed by atoms with van der Waals surface area (Å²) < 4.78 is 1.84. The molecule has 3 aliphatic carbocycles. The molecule has 2 amide bonds. The number of fused-ring (bicyclic) bond motifs is 6. The molecular weight excluding hydrogens is 560 g/mol. The standard InChI is InChI=1S/C38H50N4O3/c1-24-31-21-32(35(24)39(2)38(45)41-17-5-6-18-41)34-33(31)36(43)42(37(34)44)23-28-12-7-11-27(28)22-40-19-15-26(16-20-40)30-14-8-10-25-9-3-4-13-29(25)30/h3-4,8-10,13-14,24,26-28,31-32,35,43-44H,5-7,11-12,15-23H2,1-2H3. The number of likely N-dealkylation sites (N-methyl/N-ethyl adjacent to an activating group) is 1. The molecule has 2 N–H and O–H groups in total. The van der Waals surface area contributed by atoms with Crippen molar-refractivity contribution >= 4 is 16.8 Å². The first-order valence-corrected chi connectivity index (χ1v) is 17.8. The van der Waals surface area contributed by atoms with Gasteiger partial charge in [-0.15, -0.1) is 0 Å². The monoisotopic (exact) mass is 610 g/mol. The predicted molar refractivity (Wildman–Crippen MR) is 178 cm³/mol. The van der Waals surface area contributed by atoms with Gasteiger partial charge in [-0.25, -0.2) is 4.79 Å². The summed E-state index contributed by atoms with van der Waals surface area (Å²) in [5.41, 5.74) is 3.40. The summed E-state index contributed by atoms with van der Waals surface area (Å²) in [6.07, 6.45) is 9.08. The Morgan fingerprint density at radius 2 is 1.49 bits per heavy atom. The third kappa shape index (κ3) is 4.83. The van der Waals surface area contributed by atoms with Crippen molar-refractivity contribution in [1.82, 2.24) is 19.3 Å². The number of carbonyl (C=O) groups excluding carboxylic acids is 1. The van der Waals surface area contributed by atoms with E-state index in [9.17, 15) is 15.0 Å². The molecule has 5 aliphatic rings. The number of benzene rings is 2. The van der Waals surface area contributed by atoms with E-state index in [0.717, 1.165) is 69.5 Å². The van der Waals surface area contributed by atoms with E-state index in [1.165, 1.54) is 42.0 Å². The van der Waals surface area contributed by atoms with Crippen molar-refractivity contribution in [3.63, 3.8) is 0 Å². The molecule has 7 nitrogen and oxygen atoms in total. The first-order chi connectivity index (χ1) is 21.9. The summed E-state index contributed by atoms with van der Waals surface area (Å²) in [5, 5.41) is 26.0. The maximum absolute atomic E-state index is 13.3. The van der Waals surface area contributed by atoms with Gasteiger partial charge in [-0.1, -0.05) is 55.8 Å². The Kier molecular flexibility index (Phi) is 7.51. The van der Waals surface area contributed by atoms with E-state index in [2.05, 4.69) is 54.3 Å². The van der Waals surface area contributed by atoms with Crippen molar-refractivity contribution in [2.24, 2.45) is 17.8 Å². The zero-order valence-corrected chi connectivity index (χ0v) is 27.1. The normalized spacial score (nSPS) is 30.0. The topological polar surface area (TPSA) is 72.2 Å². The number of hydrogen-bond donors (Lipinski definition) is 2. The quantitative estimate of drug-likeness (QED) is 0.313. The zero-order valence-electron chi connectivity index (χ0n) is 27.1. The van der Waals surface area contributed by atoms with E-state index in [0.29, 0.717) is 24.3 Å². The Balaban J connectivity index is 0.939. The van der Waals surface area contributed by atoms with Gasteiger partial charge in [0.05, 0.1) is 0 Å². The zero-order chi connectivity index (χ0) is 30.8. The summed E-state index contributed by atoms with van der Waals surface area (Å²) in [5.74, 6) is 2.75. The molecule has 1 aromatic heterocycles. The van der Waals surface area contributed by atoms with Crippen LogP contribution in [0.3, 0.4) is 0 Å². The SMILES string of the molecule is CC1C2CC(c3c2c(O)n(CC2CCCC2CN2CCC(c4cccc5ccccc45)CC2)c3O)C1N(C)C(=O)N1CCCC1. The van der Waals surface area contributed by atoms with Crippen molar-refractivity contribution in [3.05, 3.63) is 59.2 Å². The van der Waals surface area contributed by atoms with Crippen molar-refractivity contribution in [1.29, 1.82) is 0 Å². The van der Waals surface area contributed by atoms with Gasteiger partial charge in [-0.2, -0.15) is 0 Å². The Morgan fingerprint density at radius 3 is 2.24 bits per heavy atom. The van der Waals surface area contributed by atoms with Gasteiger partial charge in [0.1, 0.15) is 0 Å². The lowest BCUT2D eigenvalue weighted by Gasteiger charge is -2.37. The van der Waals surface area contributed by atoms with E-state index in [1.54, 1.807) is 0 Å². The Bertz CT molecular complexity index is 1560. The van der Waals surface area contributed by atoms with E-state index in [-0.39, 0.29) is 41.6 Å². The molecule has 8 rings (SSSR count). The highest BCUT2D eigenvalue weighted by Gasteiger charge is 2.56. The second-order valence-corrected chi connectivity index (χ2v) is 15.1. The molecule has 2 aliphatic heterocycles. The van der Waals surface area contributed by atoms with E-state index in [1.807, 2.05) is 21.4 Å². The number of likely N-dealkylation sites (tertiary alicyclic amines) is 2. The number of piperidine rings is 1. The molecule has 6 unspecified atom stereocenters. The second kappa shape index (κ2) is 11.6. The van der Waals surface area contributed by atoms with Gasteiger partial charge in [0, 0.05) is 56.3 Å². The number of aromatic hydroxyl groups is 2. The van der Waals surface area contributed by atoms with Crippen molar-refractivity contribution in [2.75, 3.05) is 39.8 Å². The number of carbonyl (C=O) groups is 1. The van der Waals surface area contributed by atoms with Gasteiger partial charge in [0.25, 0.3) is 0 Å². The van der Waals surface area contributed by atoms with Gasteiger partial charge >= 0.3 is 6.03 Å². The number of rotatable bonds is 6. The Labute approximate surface area is 267 Å². The summed E-state index contributed by atoms with van der Waals surface area (Å²) in [6, 6.07) is 15.8. The first-order valence-electron chi connectivity index (χ1n) is 17.8. The summed E-state index contributed by atoms with van der Waals surface area (Å²) in [4.78, 5) is 19.9. The van der Waals surface area contributed by atoms with Crippen LogP contribution in [0.15, 0.2) is 42.5 Å². The van der Waals surface area contributed by atoms with Crippen molar-refractivity contribution < 1.29 is 15.0 Å². The largest absolute Gasteiger partial charge is 0.494 e. The summed E-state index contributed by atoms with van der Waals surface area (Å²) >= 11 is 0. The molecule has 7 heteroatoms. The highest BCUT2D eigenvalue weighted by atomic mass is 16.3. The molecule has 6 atom stereocenters. The first kappa shape index (κ1) is 29.2. The van der Waals surface area contributed by atoms with E-state index >= 15 is 0 Å². The second-order valence-electron chi connectivity index (χ2n) is 15.1. The van der Waals surface area contributed by atoms with Crippen LogP contribution in [0.2, 0.25) is 0 Å². The smallest absolute Gasteiger partial charge is 0.320 e. The minimum Gasteiger partial charge on any atom is -0.494 e. The number of hydrogen-bond acceptors (Lipinski definition) is 4. The molecule has 2 aromatic carbocycles. The van der Waals surface area contributed by atoms with E-state index in [4.69, 9.17) is 0 Å². The molecule has 3 aromatic rings. The number of nitrogens with zero attached hydrogens (tertiary/aromatic N) is 4. The third-order valence-corrected chi connectivity index (χ3v) is 12.8. The molecule has 0 spiro atoms. The van der Waals surface area contributed by atoms with Gasteiger partial charge < -0.3 is 24.9 Å². The molecule has 4 fully saturated rings. The lowest BCUT2D eigenvalue weighted by atomic mass is 9.82. The molecular formula is C38H50N4O3. The molecule has 3 heterocycles. The lowest BCUT2D eigenvalue weighted by Crippen LogP contribution is -2.48. The Morgan fingerprint density at radius 1 is 0.822 bits per heavy atom. The van der Waals surface area contributed by atoms with Crippen molar-refractivity contribution in [3.8, 4) is 11.8 Å². The average molecular weight is 611 g/mol. The lowest BCUT2D eigenvalue weighted by molar-refractivity contribution is 0.137. The van der Waals surface area contributed by atoms with Gasteiger partial charge in [-0.3, -0.25) is 4.57 Å². The van der Waals surface area contributed by atoms with Crippen LogP contribution in [0.1, 0.15) is 92.7 Å². The number of amides is 2. The van der Waals surface area contributed by atoms with Crippen LogP contribution in [-0.2, 0) is 6.54 Å². The maximum Gasteiger partial charge on any atom is 0.320 e. The average Bonchev–Trinajstić information content (AvgIpc) is 3.90. The molecule has 45 heavy (non-hydrogen) atoms. The van der Waals surface area contributed by atoms with Crippen LogP contribution in [0, 0.1) is 17.8 Å². The van der Waals surface area contributed by atoms with Crippen LogP contribution in [0.25, 0.3) is 10.8 Å². The highest BCUT2D eigenvalue weighted by molar-refractivity contribution is 5.86. The Hall–Kier alpha value is -3.19. The third-order valence-electron chi connectivity index (χ3n) is 12.8. The maximum atomic E-state index is 13.3. The molecule has 0 radical (unpaired) electrons. The fourth-order valence-corrected chi connectivity index (χ4v) is 10.5. The molecule has 2 saturated heterocycles. The van der Waals surface area contributed by atoms with Crippen LogP contribution < -0.4 is 0 Å². The number of aromatic nitrogens is 1. The van der Waals surface area contributed by atoms with Gasteiger partial charge in [0.15, 0.2) is 11.8 Å². The molecule has 2 saturated carbocycles. The number of urea groups is 1. The fraction of sp³-hybridized carbons (Fsp3) is 0.605. The van der Waals surface area contributed by atoms with Crippen LogP contribution >= 0.6 is 0 Å². The highest BCUT2D eigenvalue weighted by Crippen LogP contribution is 2.63. The summed E-state index contributed by atoms with van der Waals surface area (Å²) in [7, 11) is 1.95. The fourth-order valence-electron chi connectivity index (χ4n) is 10.5. The predicted octanol–water partition coefficient (Wildman–Crippen LogP) is 7.09.